The molecule has 0 aliphatic carbocycles. The molecule has 1 amide bonds. The van der Waals surface area contributed by atoms with Gasteiger partial charge in [0.2, 0.25) is 5.91 Å². The summed E-state index contributed by atoms with van der Waals surface area (Å²) in [5, 5.41) is 2.93. The van der Waals surface area contributed by atoms with Crippen LogP contribution in [0.5, 0.6) is 0 Å². The number of methoxy groups -OCH3 is 1. The summed E-state index contributed by atoms with van der Waals surface area (Å²) in [6.45, 7) is 2.55. The third kappa shape index (κ3) is 5.87. The van der Waals surface area contributed by atoms with Crippen molar-refractivity contribution in [2.75, 3.05) is 13.7 Å². The van der Waals surface area contributed by atoms with E-state index in [1.54, 1.807) is 0 Å². The standard InChI is InChI=1S/C16H23NO3/c1-13(14-9-5-3-6-10-14)16(19)17-12-8-4-7-11-15(18)20-2/h3,5-6,9-10,13H,4,7-8,11-12H2,1-2H3,(H,17,19). The predicted molar refractivity (Wildman–Crippen MR) is 78.4 cm³/mol. The third-order valence-electron chi connectivity index (χ3n) is 3.28. The average Bonchev–Trinajstić information content (AvgIpc) is 2.50. The third-order valence-corrected chi connectivity index (χ3v) is 3.28. The molecule has 1 rings (SSSR count). The molecule has 0 heterocycles. The first kappa shape index (κ1) is 16.2. The molecule has 1 aromatic rings. The maximum atomic E-state index is 11.9. The van der Waals surface area contributed by atoms with Crippen LogP contribution >= 0.6 is 0 Å². The van der Waals surface area contributed by atoms with Gasteiger partial charge in [0.05, 0.1) is 13.0 Å². The van der Waals surface area contributed by atoms with Crippen LogP contribution in [0.2, 0.25) is 0 Å². The highest BCUT2D eigenvalue weighted by Gasteiger charge is 2.13. The molecule has 1 N–H and O–H groups in total. The van der Waals surface area contributed by atoms with Crippen LogP contribution in [0, 0.1) is 0 Å². The van der Waals surface area contributed by atoms with E-state index in [2.05, 4.69) is 10.1 Å². The molecule has 4 heteroatoms. The maximum Gasteiger partial charge on any atom is 0.305 e. The molecule has 0 saturated carbocycles. The number of nitrogens with one attached hydrogen (secondary N) is 1. The number of esters is 1. The lowest BCUT2D eigenvalue weighted by Crippen LogP contribution is -2.28. The summed E-state index contributed by atoms with van der Waals surface area (Å²) in [7, 11) is 1.40. The van der Waals surface area contributed by atoms with Crippen molar-refractivity contribution in [2.24, 2.45) is 0 Å². The van der Waals surface area contributed by atoms with Crippen LogP contribution in [-0.2, 0) is 14.3 Å². The van der Waals surface area contributed by atoms with E-state index >= 15 is 0 Å². The molecule has 1 unspecified atom stereocenters. The minimum atomic E-state index is -0.174. The fourth-order valence-corrected chi connectivity index (χ4v) is 1.93. The van der Waals surface area contributed by atoms with Crippen molar-refractivity contribution in [2.45, 2.75) is 38.5 Å². The van der Waals surface area contributed by atoms with Gasteiger partial charge in [-0.3, -0.25) is 9.59 Å². The minimum Gasteiger partial charge on any atom is -0.469 e. The zero-order valence-corrected chi connectivity index (χ0v) is 12.2. The summed E-state index contributed by atoms with van der Waals surface area (Å²) in [4.78, 5) is 22.9. The van der Waals surface area contributed by atoms with Gasteiger partial charge in [-0.15, -0.1) is 0 Å². The second-order valence-corrected chi connectivity index (χ2v) is 4.81. The number of hydrogen-bond acceptors (Lipinski definition) is 3. The number of benzene rings is 1. The molecular weight excluding hydrogens is 254 g/mol. The Labute approximate surface area is 120 Å². The number of carbonyl (C=O) groups is 2. The molecular formula is C16H23NO3. The van der Waals surface area contributed by atoms with E-state index in [4.69, 9.17) is 0 Å². The first-order valence-electron chi connectivity index (χ1n) is 7.04. The van der Waals surface area contributed by atoms with Crippen molar-refractivity contribution < 1.29 is 14.3 Å². The molecule has 0 aliphatic heterocycles. The second kappa shape index (κ2) is 9.13. The van der Waals surface area contributed by atoms with Crippen molar-refractivity contribution >= 4 is 11.9 Å². The average molecular weight is 277 g/mol. The van der Waals surface area contributed by atoms with Gasteiger partial charge >= 0.3 is 5.97 Å². The predicted octanol–water partition coefficient (Wildman–Crippen LogP) is 2.64. The van der Waals surface area contributed by atoms with Crippen molar-refractivity contribution in [1.29, 1.82) is 0 Å². The summed E-state index contributed by atoms with van der Waals surface area (Å²) < 4.78 is 4.57. The lowest BCUT2D eigenvalue weighted by atomic mass is 10.0. The van der Waals surface area contributed by atoms with E-state index in [0.717, 1.165) is 24.8 Å². The molecule has 0 bridgehead atoms. The van der Waals surface area contributed by atoms with Crippen molar-refractivity contribution in [3.05, 3.63) is 35.9 Å². The molecule has 110 valence electrons. The highest BCUT2D eigenvalue weighted by molar-refractivity contribution is 5.83. The van der Waals surface area contributed by atoms with Crippen LogP contribution in [0.1, 0.15) is 44.1 Å². The van der Waals surface area contributed by atoms with Crippen LogP contribution in [0.15, 0.2) is 30.3 Å². The molecule has 0 fully saturated rings. The molecule has 0 aliphatic rings. The molecule has 0 aromatic heterocycles. The van der Waals surface area contributed by atoms with Gasteiger partial charge in [-0.1, -0.05) is 36.8 Å². The first-order chi connectivity index (χ1) is 9.65. The van der Waals surface area contributed by atoms with Crippen LogP contribution in [-0.4, -0.2) is 25.5 Å². The van der Waals surface area contributed by atoms with E-state index in [1.165, 1.54) is 7.11 Å². The molecule has 1 atom stereocenters. The summed E-state index contributed by atoms with van der Waals surface area (Å²) in [5.74, 6) is -0.262. The van der Waals surface area contributed by atoms with Gasteiger partial charge in [0, 0.05) is 13.0 Å². The molecule has 0 saturated heterocycles. The molecule has 1 aromatic carbocycles. The van der Waals surface area contributed by atoms with Gasteiger partial charge in [0.25, 0.3) is 0 Å². The van der Waals surface area contributed by atoms with E-state index in [1.807, 2.05) is 37.3 Å². The number of amides is 1. The Kier molecular flexibility index (Phi) is 7.40. The van der Waals surface area contributed by atoms with Crippen LogP contribution in [0.3, 0.4) is 0 Å². The van der Waals surface area contributed by atoms with Gasteiger partial charge in [0.15, 0.2) is 0 Å². The summed E-state index contributed by atoms with van der Waals surface area (Å²) >= 11 is 0. The summed E-state index contributed by atoms with van der Waals surface area (Å²) in [6.07, 6.45) is 3.04. The fraction of sp³-hybridized carbons (Fsp3) is 0.500. The lowest BCUT2D eigenvalue weighted by Gasteiger charge is -2.12. The largest absolute Gasteiger partial charge is 0.469 e. The first-order valence-corrected chi connectivity index (χ1v) is 7.04. The summed E-state index contributed by atoms with van der Waals surface area (Å²) in [6, 6.07) is 9.73. The van der Waals surface area contributed by atoms with Crippen molar-refractivity contribution in [3.63, 3.8) is 0 Å². The number of ether oxygens (including phenoxy) is 1. The van der Waals surface area contributed by atoms with Gasteiger partial charge in [-0.2, -0.15) is 0 Å². The Hall–Kier alpha value is -1.84. The van der Waals surface area contributed by atoms with Crippen LogP contribution in [0.25, 0.3) is 0 Å². The highest BCUT2D eigenvalue weighted by atomic mass is 16.5. The lowest BCUT2D eigenvalue weighted by molar-refractivity contribution is -0.140. The smallest absolute Gasteiger partial charge is 0.305 e. The Morgan fingerprint density at radius 1 is 1.15 bits per heavy atom. The Bertz CT molecular complexity index is 417. The minimum absolute atomic E-state index is 0.0455. The van der Waals surface area contributed by atoms with E-state index in [9.17, 15) is 9.59 Å². The number of unbranched alkanes of at least 4 members (excludes halogenated alkanes) is 2. The Morgan fingerprint density at radius 3 is 2.50 bits per heavy atom. The quantitative estimate of drug-likeness (QED) is 0.587. The topological polar surface area (TPSA) is 55.4 Å². The zero-order valence-electron chi connectivity index (χ0n) is 12.2. The van der Waals surface area contributed by atoms with E-state index < -0.39 is 0 Å². The maximum absolute atomic E-state index is 11.9. The monoisotopic (exact) mass is 277 g/mol. The number of hydrogen-bond donors (Lipinski definition) is 1. The second-order valence-electron chi connectivity index (χ2n) is 4.81. The van der Waals surface area contributed by atoms with Crippen molar-refractivity contribution in [1.82, 2.24) is 5.32 Å². The van der Waals surface area contributed by atoms with Crippen molar-refractivity contribution in [3.8, 4) is 0 Å². The Morgan fingerprint density at radius 2 is 1.85 bits per heavy atom. The molecule has 0 spiro atoms. The van der Waals surface area contributed by atoms with E-state index in [-0.39, 0.29) is 17.8 Å². The van der Waals surface area contributed by atoms with E-state index in [0.29, 0.717) is 13.0 Å². The fourth-order valence-electron chi connectivity index (χ4n) is 1.93. The van der Waals surface area contributed by atoms with Crippen LogP contribution < -0.4 is 5.32 Å². The number of rotatable bonds is 8. The van der Waals surface area contributed by atoms with Crippen LogP contribution in [0.4, 0.5) is 0 Å². The highest BCUT2D eigenvalue weighted by Crippen LogP contribution is 2.14. The van der Waals surface area contributed by atoms with Gasteiger partial charge in [0.1, 0.15) is 0 Å². The van der Waals surface area contributed by atoms with Gasteiger partial charge < -0.3 is 10.1 Å². The molecule has 20 heavy (non-hydrogen) atoms. The van der Waals surface area contributed by atoms with Gasteiger partial charge in [-0.05, 0) is 25.3 Å². The summed E-state index contributed by atoms with van der Waals surface area (Å²) in [5.41, 5.74) is 1.02. The molecule has 0 radical (unpaired) electrons. The zero-order chi connectivity index (χ0) is 14.8. The molecule has 4 nitrogen and oxygen atoms in total. The SMILES string of the molecule is COC(=O)CCCCCNC(=O)C(C)c1ccccc1. The normalized spacial score (nSPS) is 11.7. The number of carbonyl (C=O) groups excluding carboxylic acids is 2. The Balaban J connectivity index is 2.16. The van der Waals surface area contributed by atoms with Gasteiger partial charge in [-0.25, -0.2) is 0 Å².